The van der Waals surface area contributed by atoms with Crippen LogP contribution in [0.3, 0.4) is 0 Å². The van der Waals surface area contributed by atoms with E-state index in [4.69, 9.17) is 5.73 Å². The predicted octanol–water partition coefficient (Wildman–Crippen LogP) is 2.40. The van der Waals surface area contributed by atoms with Gasteiger partial charge in [-0.3, -0.25) is 4.79 Å². The van der Waals surface area contributed by atoms with E-state index in [1.807, 2.05) is 53.4 Å². The smallest absolute Gasteiger partial charge is 0.245 e. The molecule has 0 saturated carbocycles. The van der Waals surface area contributed by atoms with Gasteiger partial charge in [-0.1, -0.05) is 36.4 Å². The molecule has 2 aromatic rings. The Morgan fingerprint density at radius 1 is 1.00 bits per heavy atom. The first-order valence-electron chi connectivity index (χ1n) is 8.11. The van der Waals surface area contributed by atoms with Crippen molar-refractivity contribution in [3.05, 3.63) is 60.2 Å². The summed E-state index contributed by atoms with van der Waals surface area (Å²) in [7, 11) is -2.92. The van der Waals surface area contributed by atoms with E-state index < -0.39 is 15.9 Å². The third-order valence-corrected chi connectivity index (χ3v) is 5.87. The standard InChI is InChI=1S/C18H21N3O3S.2ClH/c19-17(14-5-2-1-3-6-14)18(22)20-15-7-4-8-16(13-15)21-9-11-25(23,24)12-10-21;;/h1-8,13,17H,9-12,19H2,(H,20,22);2*1H. The van der Waals surface area contributed by atoms with E-state index in [9.17, 15) is 13.2 Å². The van der Waals surface area contributed by atoms with Gasteiger partial charge in [0.1, 0.15) is 6.04 Å². The second kappa shape index (κ2) is 9.94. The zero-order valence-electron chi connectivity index (χ0n) is 14.6. The number of nitrogens with one attached hydrogen (secondary N) is 1. The van der Waals surface area contributed by atoms with Gasteiger partial charge in [0.25, 0.3) is 0 Å². The molecule has 0 spiro atoms. The molecule has 0 radical (unpaired) electrons. The molecule has 0 bridgehead atoms. The lowest BCUT2D eigenvalue weighted by Gasteiger charge is -2.29. The first-order chi connectivity index (χ1) is 11.9. The maximum atomic E-state index is 12.4. The number of sulfone groups is 1. The zero-order valence-corrected chi connectivity index (χ0v) is 17.0. The zero-order chi connectivity index (χ0) is 17.9. The Morgan fingerprint density at radius 3 is 2.26 bits per heavy atom. The number of amides is 1. The molecule has 148 valence electrons. The van der Waals surface area contributed by atoms with Crippen molar-refractivity contribution in [3.63, 3.8) is 0 Å². The molecule has 2 aromatic carbocycles. The Kier molecular flexibility index (Phi) is 8.56. The fourth-order valence-electron chi connectivity index (χ4n) is 2.78. The SMILES string of the molecule is Cl.Cl.NC(C(=O)Nc1cccc(N2CCS(=O)(=O)CC2)c1)c1ccccc1. The quantitative estimate of drug-likeness (QED) is 0.774. The molecule has 3 N–H and O–H groups in total. The van der Waals surface area contributed by atoms with Crippen molar-refractivity contribution in [1.29, 1.82) is 0 Å². The highest BCUT2D eigenvalue weighted by atomic mass is 35.5. The lowest BCUT2D eigenvalue weighted by Crippen LogP contribution is -2.40. The van der Waals surface area contributed by atoms with Crippen molar-refractivity contribution < 1.29 is 13.2 Å². The molecule has 3 rings (SSSR count). The molecule has 1 unspecified atom stereocenters. The van der Waals surface area contributed by atoms with Crippen molar-refractivity contribution in [2.75, 3.05) is 34.8 Å². The van der Waals surface area contributed by atoms with Gasteiger partial charge in [0.2, 0.25) is 5.91 Å². The fraction of sp³-hybridized carbons (Fsp3) is 0.278. The number of rotatable bonds is 4. The first kappa shape index (κ1) is 23.2. The van der Waals surface area contributed by atoms with Crippen LogP contribution in [0.15, 0.2) is 54.6 Å². The van der Waals surface area contributed by atoms with Gasteiger partial charge in [-0.25, -0.2) is 8.42 Å². The van der Waals surface area contributed by atoms with Crippen LogP contribution in [0.4, 0.5) is 11.4 Å². The molecule has 6 nitrogen and oxygen atoms in total. The highest BCUT2D eigenvalue weighted by Crippen LogP contribution is 2.22. The summed E-state index contributed by atoms with van der Waals surface area (Å²) in [5.41, 5.74) is 8.29. The third kappa shape index (κ3) is 6.10. The van der Waals surface area contributed by atoms with E-state index in [0.717, 1.165) is 11.3 Å². The van der Waals surface area contributed by atoms with E-state index >= 15 is 0 Å². The average molecular weight is 432 g/mol. The molecule has 1 fully saturated rings. The van der Waals surface area contributed by atoms with Crippen molar-refractivity contribution in [1.82, 2.24) is 0 Å². The van der Waals surface area contributed by atoms with Gasteiger partial charge in [-0.15, -0.1) is 24.8 Å². The summed E-state index contributed by atoms with van der Waals surface area (Å²) >= 11 is 0. The van der Waals surface area contributed by atoms with E-state index in [1.54, 1.807) is 6.07 Å². The Balaban J connectivity index is 0.00000182. The molecule has 9 heteroatoms. The van der Waals surface area contributed by atoms with E-state index in [2.05, 4.69) is 5.32 Å². The van der Waals surface area contributed by atoms with Crippen LogP contribution < -0.4 is 16.0 Å². The molecule has 0 aliphatic carbocycles. The number of benzene rings is 2. The number of nitrogens with two attached hydrogens (primary N) is 1. The molecular weight excluding hydrogens is 409 g/mol. The van der Waals surface area contributed by atoms with Crippen molar-refractivity contribution in [2.24, 2.45) is 5.73 Å². The molecule has 1 aliphatic heterocycles. The average Bonchev–Trinajstić information content (AvgIpc) is 2.62. The highest BCUT2D eigenvalue weighted by molar-refractivity contribution is 7.91. The van der Waals surface area contributed by atoms with Gasteiger partial charge in [-0.05, 0) is 23.8 Å². The maximum Gasteiger partial charge on any atom is 0.245 e. The summed E-state index contributed by atoms with van der Waals surface area (Å²) in [6.07, 6.45) is 0. The van der Waals surface area contributed by atoms with Crippen LogP contribution in [0, 0.1) is 0 Å². The number of hydrogen-bond donors (Lipinski definition) is 2. The van der Waals surface area contributed by atoms with Crippen LogP contribution in [0.2, 0.25) is 0 Å². The molecule has 1 heterocycles. The minimum atomic E-state index is -2.92. The Labute approximate surface area is 171 Å². The summed E-state index contributed by atoms with van der Waals surface area (Å²) in [6.45, 7) is 0.923. The Hall–Kier alpha value is -1.80. The second-order valence-electron chi connectivity index (χ2n) is 6.07. The number of carbonyl (C=O) groups is 1. The summed E-state index contributed by atoms with van der Waals surface area (Å²) in [6, 6.07) is 15.8. The van der Waals surface area contributed by atoms with Crippen molar-refractivity contribution in [2.45, 2.75) is 6.04 Å². The van der Waals surface area contributed by atoms with Gasteiger partial charge in [0.05, 0.1) is 11.5 Å². The lowest BCUT2D eigenvalue weighted by molar-refractivity contribution is -0.117. The van der Waals surface area contributed by atoms with Crippen LogP contribution in [-0.2, 0) is 14.6 Å². The van der Waals surface area contributed by atoms with Crippen LogP contribution in [0.5, 0.6) is 0 Å². The predicted molar refractivity (Wildman–Crippen MR) is 114 cm³/mol. The molecule has 1 aliphatic rings. The Morgan fingerprint density at radius 2 is 1.63 bits per heavy atom. The number of halogens is 2. The van der Waals surface area contributed by atoms with Crippen LogP contribution in [-0.4, -0.2) is 38.9 Å². The number of nitrogens with zero attached hydrogens (tertiary/aromatic N) is 1. The largest absolute Gasteiger partial charge is 0.369 e. The Bertz CT molecular complexity index is 849. The molecule has 1 amide bonds. The first-order valence-corrected chi connectivity index (χ1v) is 9.93. The summed E-state index contributed by atoms with van der Waals surface area (Å²) < 4.78 is 23.1. The summed E-state index contributed by atoms with van der Waals surface area (Å²) in [5.74, 6) is 0.0230. The van der Waals surface area contributed by atoms with Crippen LogP contribution in [0.25, 0.3) is 0 Å². The van der Waals surface area contributed by atoms with Gasteiger partial charge in [-0.2, -0.15) is 0 Å². The second-order valence-corrected chi connectivity index (χ2v) is 8.37. The maximum absolute atomic E-state index is 12.4. The molecule has 0 aromatic heterocycles. The van der Waals surface area contributed by atoms with Gasteiger partial charge >= 0.3 is 0 Å². The number of carbonyl (C=O) groups excluding carboxylic acids is 1. The summed E-state index contributed by atoms with van der Waals surface area (Å²) in [4.78, 5) is 14.4. The van der Waals surface area contributed by atoms with Crippen LogP contribution in [0.1, 0.15) is 11.6 Å². The van der Waals surface area contributed by atoms with Crippen LogP contribution >= 0.6 is 24.8 Å². The number of hydrogen-bond acceptors (Lipinski definition) is 5. The highest BCUT2D eigenvalue weighted by Gasteiger charge is 2.22. The fourth-order valence-corrected chi connectivity index (χ4v) is 3.98. The monoisotopic (exact) mass is 431 g/mol. The third-order valence-electron chi connectivity index (χ3n) is 4.26. The van der Waals surface area contributed by atoms with Gasteiger partial charge in [0, 0.05) is 24.5 Å². The molecule has 1 atom stereocenters. The summed E-state index contributed by atoms with van der Waals surface area (Å²) in [5, 5.41) is 2.83. The minimum Gasteiger partial charge on any atom is -0.369 e. The van der Waals surface area contributed by atoms with Crippen molar-refractivity contribution >= 4 is 51.9 Å². The van der Waals surface area contributed by atoms with E-state index in [-0.39, 0.29) is 42.2 Å². The molecular formula is C18H23Cl2N3O3S. The van der Waals surface area contributed by atoms with E-state index in [1.165, 1.54) is 0 Å². The lowest BCUT2D eigenvalue weighted by atomic mass is 10.1. The van der Waals surface area contributed by atoms with Gasteiger partial charge in [0.15, 0.2) is 9.84 Å². The normalized spacial score (nSPS) is 16.4. The minimum absolute atomic E-state index is 0. The topological polar surface area (TPSA) is 92.5 Å². The number of anilines is 2. The molecule has 1 saturated heterocycles. The molecule has 27 heavy (non-hydrogen) atoms. The van der Waals surface area contributed by atoms with Gasteiger partial charge < -0.3 is 16.0 Å². The van der Waals surface area contributed by atoms with E-state index in [0.29, 0.717) is 18.8 Å². The van der Waals surface area contributed by atoms with Crippen molar-refractivity contribution in [3.8, 4) is 0 Å².